The normalized spacial score (nSPS) is 9.64. The van der Waals surface area contributed by atoms with Crippen molar-refractivity contribution in [3.63, 3.8) is 0 Å². The monoisotopic (exact) mass is 193 g/mol. The molecule has 3 heteroatoms. The molecule has 1 aromatic carbocycles. The summed E-state index contributed by atoms with van der Waals surface area (Å²) in [4.78, 5) is 12.7. The molecule has 0 fully saturated rings. The summed E-state index contributed by atoms with van der Waals surface area (Å²) in [6.45, 7) is 2.17. The van der Waals surface area contributed by atoms with Gasteiger partial charge in [-0.1, -0.05) is 12.1 Å². The van der Waals surface area contributed by atoms with E-state index in [4.69, 9.17) is 4.74 Å². The lowest BCUT2D eigenvalue weighted by Crippen LogP contribution is -2.22. The molecule has 0 bridgehead atoms. The Kier molecular flexibility index (Phi) is 3.51. The van der Waals surface area contributed by atoms with Crippen molar-refractivity contribution in [1.82, 2.24) is 4.90 Å². The Bertz CT molecular complexity index is 323. The molecule has 0 saturated carbocycles. The highest BCUT2D eigenvalue weighted by molar-refractivity contribution is 5.72. The summed E-state index contributed by atoms with van der Waals surface area (Å²) in [7, 11) is 3.41. The van der Waals surface area contributed by atoms with Gasteiger partial charge in [0.05, 0.1) is 7.11 Å². The number of benzene rings is 1. The van der Waals surface area contributed by atoms with E-state index >= 15 is 0 Å². The minimum absolute atomic E-state index is 0.0628. The van der Waals surface area contributed by atoms with Gasteiger partial charge in [0.25, 0.3) is 0 Å². The van der Waals surface area contributed by atoms with Crippen LogP contribution in [-0.4, -0.2) is 25.0 Å². The molecule has 0 heterocycles. The Balaban J connectivity index is 2.71. The Morgan fingerprint density at radius 3 is 2.79 bits per heavy atom. The predicted octanol–water partition coefficient (Wildman–Crippen LogP) is 1.67. The maximum absolute atomic E-state index is 11.0. The minimum Gasteiger partial charge on any atom is -0.497 e. The molecule has 0 aliphatic rings. The van der Waals surface area contributed by atoms with Crippen molar-refractivity contribution >= 4 is 5.91 Å². The smallest absolute Gasteiger partial charge is 0.219 e. The van der Waals surface area contributed by atoms with E-state index in [0.717, 1.165) is 11.3 Å². The maximum atomic E-state index is 11.0. The first-order chi connectivity index (χ1) is 6.63. The number of hydrogen-bond acceptors (Lipinski definition) is 2. The van der Waals surface area contributed by atoms with Crippen LogP contribution < -0.4 is 4.74 Å². The van der Waals surface area contributed by atoms with E-state index in [1.165, 1.54) is 0 Å². The Morgan fingerprint density at radius 1 is 1.50 bits per heavy atom. The van der Waals surface area contributed by atoms with Crippen molar-refractivity contribution < 1.29 is 9.53 Å². The second-order valence-electron chi connectivity index (χ2n) is 3.23. The largest absolute Gasteiger partial charge is 0.497 e. The molecular formula is C11H15NO2. The van der Waals surface area contributed by atoms with E-state index in [-0.39, 0.29) is 5.91 Å². The SMILES string of the molecule is COc1cccc(CN(C)C(C)=O)c1. The van der Waals surface area contributed by atoms with Crippen molar-refractivity contribution in [3.8, 4) is 5.75 Å². The van der Waals surface area contributed by atoms with Gasteiger partial charge in [0.15, 0.2) is 0 Å². The molecule has 0 atom stereocenters. The zero-order valence-corrected chi connectivity index (χ0v) is 8.78. The number of amides is 1. The highest BCUT2D eigenvalue weighted by Gasteiger charge is 2.03. The first kappa shape index (κ1) is 10.6. The van der Waals surface area contributed by atoms with Crippen LogP contribution in [0, 0.1) is 0 Å². The fourth-order valence-electron chi connectivity index (χ4n) is 1.16. The van der Waals surface area contributed by atoms with Gasteiger partial charge in [0.2, 0.25) is 5.91 Å². The maximum Gasteiger partial charge on any atom is 0.219 e. The Hall–Kier alpha value is -1.51. The van der Waals surface area contributed by atoms with E-state index in [0.29, 0.717) is 6.54 Å². The molecular weight excluding hydrogens is 178 g/mol. The van der Waals surface area contributed by atoms with Crippen LogP contribution in [0.15, 0.2) is 24.3 Å². The van der Waals surface area contributed by atoms with Crippen LogP contribution in [0.3, 0.4) is 0 Å². The van der Waals surface area contributed by atoms with Crippen molar-refractivity contribution in [2.45, 2.75) is 13.5 Å². The lowest BCUT2D eigenvalue weighted by molar-refractivity contribution is -0.128. The van der Waals surface area contributed by atoms with Gasteiger partial charge < -0.3 is 9.64 Å². The zero-order chi connectivity index (χ0) is 10.6. The summed E-state index contributed by atoms with van der Waals surface area (Å²) in [5, 5.41) is 0. The Labute approximate surface area is 84.3 Å². The van der Waals surface area contributed by atoms with Gasteiger partial charge in [-0.05, 0) is 17.7 Å². The van der Waals surface area contributed by atoms with E-state index in [9.17, 15) is 4.79 Å². The van der Waals surface area contributed by atoms with Gasteiger partial charge in [-0.2, -0.15) is 0 Å². The van der Waals surface area contributed by atoms with Crippen LogP contribution in [-0.2, 0) is 11.3 Å². The molecule has 1 aromatic rings. The predicted molar refractivity (Wildman–Crippen MR) is 55.1 cm³/mol. The van der Waals surface area contributed by atoms with Crippen LogP contribution in [0.25, 0.3) is 0 Å². The molecule has 76 valence electrons. The summed E-state index contributed by atoms with van der Waals surface area (Å²) in [6.07, 6.45) is 0. The van der Waals surface area contributed by atoms with Gasteiger partial charge in [-0.25, -0.2) is 0 Å². The van der Waals surface area contributed by atoms with E-state index in [1.54, 1.807) is 26.0 Å². The topological polar surface area (TPSA) is 29.5 Å². The second kappa shape index (κ2) is 4.65. The van der Waals surface area contributed by atoms with Gasteiger partial charge in [-0.3, -0.25) is 4.79 Å². The third-order valence-corrected chi connectivity index (χ3v) is 2.09. The van der Waals surface area contributed by atoms with Crippen molar-refractivity contribution in [3.05, 3.63) is 29.8 Å². The molecule has 1 amide bonds. The number of nitrogens with zero attached hydrogens (tertiary/aromatic N) is 1. The standard InChI is InChI=1S/C11H15NO2/c1-9(13)12(2)8-10-5-4-6-11(7-10)14-3/h4-7H,8H2,1-3H3. The molecule has 0 unspecified atom stereocenters. The third kappa shape index (κ3) is 2.76. The van der Waals surface area contributed by atoms with Crippen LogP contribution >= 0.6 is 0 Å². The highest BCUT2D eigenvalue weighted by Crippen LogP contribution is 2.13. The second-order valence-corrected chi connectivity index (χ2v) is 3.23. The number of carbonyl (C=O) groups is 1. The number of ether oxygens (including phenoxy) is 1. The summed E-state index contributed by atoms with van der Waals surface area (Å²) < 4.78 is 5.09. The average Bonchev–Trinajstić information content (AvgIpc) is 2.18. The summed E-state index contributed by atoms with van der Waals surface area (Å²) in [5.74, 6) is 0.882. The van der Waals surface area contributed by atoms with Gasteiger partial charge in [-0.15, -0.1) is 0 Å². The molecule has 0 aliphatic carbocycles. The van der Waals surface area contributed by atoms with Gasteiger partial charge in [0.1, 0.15) is 5.75 Å². The number of carbonyl (C=O) groups excluding carboxylic acids is 1. The minimum atomic E-state index is 0.0628. The fourth-order valence-corrected chi connectivity index (χ4v) is 1.16. The third-order valence-electron chi connectivity index (χ3n) is 2.09. The molecule has 0 radical (unpaired) electrons. The molecule has 0 saturated heterocycles. The Morgan fingerprint density at radius 2 is 2.21 bits per heavy atom. The quantitative estimate of drug-likeness (QED) is 0.730. The lowest BCUT2D eigenvalue weighted by Gasteiger charge is -2.14. The zero-order valence-electron chi connectivity index (χ0n) is 8.78. The molecule has 1 rings (SSSR count). The van der Waals surface area contributed by atoms with Gasteiger partial charge in [0, 0.05) is 20.5 Å². The van der Waals surface area contributed by atoms with Crippen molar-refractivity contribution in [2.24, 2.45) is 0 Å². The molecule has 3 nitrogen and oxygen atoms in total. The highest BCUT2D eigenvalue weighted by atomic mass is 16.5. The first-order valence-electron chi connectivity index (χ1n) is 4.48. The van der Waals surface area contributed by atoms with Crippen LogP contribution in [0.4, 0.5) is 0 Å². The molecule has 0 aliphatic heterocycles. The van der Waals surface area contributed by atoms with E-state index < -0.39 is 0 Å². The van der Waals surface area contributed by atoms with E-state index in [1.807, 2.05) is 24.3 Å². The number of rotatable bonds is 3. The van der Waals surface area contributed by atoms with Crippen LogP contribution in [0.2, 0.25) is 0 Å². The van der Waals surface area contributed by atoms with Crippen molar-refractivity contribution in [2.75, 3.05) is 14.2 Å². The fraction of sp³-hybridized carbons (Fsp3) is 0.364. The molecule has 0 N–H and O–H groups in total. The summed E-state index contributed by atoms with van der Waals surface area (Å²) >= 11 is 0. The first-order valence-corrected chi connectivity index (χ1v) is 4.48. The summed E-state index contributed by atoms with van der Waals surface area (Å²) in [6, 6.07) is 7.71. The molecule has 14 heavy (non-hydrogen) atoms. The van der Waals surface area contributed by atoms with E-state index in [2.05, 4.69) is 0 Å². The van der Waals surface area contributed by atoms with Crippen LogP contribution in [0.5, 0.6) is 5.75 Å². The molecule has 0 spiro atoms. The molecule has 0 aromatic heterocycles. The number of hydrogen-bond donors (Lipinski definition) is 0. The van der Waals surface area contributed by atoms with Gasteiger partial charge >= 0.3 is 0 Å². The lowest BCUT2D eigenvalue weighted by atomic mass is 10.2. The van der Waals surface area contributed by atoms with Crippen molar-refractivity contribution in [1.29, 1.82) is 0 Å². The summed E-state index contributed by atoms with van der Waals surface area (Å²) in [5.41, 5.74) is 1.07. The van der Waals surface area contributed by atoms with Crippen LogP contribution in [0.1, 0.15) is 12.5 Å². The number of methoxy groups -OCH3 is 1. The average molecular weight is 193 g/mol.